The van der Waals surface area contributed by atoms with Crippen molar-refractivity contribution in [2.45, 2.75) is 30.0 Å². The number of anilines is 1. The second-order valence-corrected chi connectivity index (χ2v) is 8.64. The lowest BCUT2D eigenvalue weighted by atomic mass is 10.0. The molecule has 3 fully saturated rings. The van der Waals surface area contributed by atoms with E-state index in [0.717, 1.165) is 25.7 Å². The first kappa shape index (κ1) is 16.2. The number of nitrogens with one attached hydrogen (secondary N) is 1. The summed E-state index contributed by atoms with van der Waals surface area (Å²) in [5, 5.41) is 13.7. The average molecular weight is 369 g/mol. The second-order valence-electron chi connectivity index (χ2n) is 7.19. The van der Waals surface area contributed by atoms with Crippen molar-refractivity contribution in [1.82, 2.24) is 0 Å². The maximum absolute atomic E-state index is 12.5. The van der Waals surface area contributed by atoms with Gasteiger partial charge >= 0.3 is 0 Å². The van der Waals surface area contributed by atoms with Gasteiger partial charge < -0.3 is 5.32 Å². The van der Waals surface area contributed by atoms with Gasteiger partial charge in [-0.2, -0.15) is 0 Å². The third-order valence-corrected chi connectivity index (χ3v) is 7.07. The van der Waals surface area contributed by atoms with Crippen LogP contribution < -0.4 is 5.32 Å². The van der Waals surface area contributed by atoms with E-state index in [0.29, 0.717) is 29.4 Å². The summed E-state index contributed by atoms with van der Waals surface area (Å²) in [5.41, 5.74) is 0.465. The number of fused-ring (bicyclic) bond motifs is 2. The highest BCUT2D eigenvalue weighted by Crippen LogP contribution is 2.67. The van der Waals surface area contributed by atoms with Gasteiger partial charge in [-0.25, -0.2) is 0 Å². The van der Waals surface area contributed by atoms with Crippen LogP contribution in [0.25, 0.3) is 0 Å². The van der Waals surface area contributed by atoms with Gasteiger partial charge in [0.15, 0.2) is 0 Å². The lowest BCUT2D eigenvalue weighted by molar-refractivity contribution is -0.384. The van der Waals surface area contributed by atoms with Crippen LogP contribution in [0.3, 0.4) is 0 Å². The van der Waals surface area contributed by atoms with Crippen molar-refractivity contribution >= 4 is 40.5 Å². The molecule has 5 atom stereocenters. The Morgan fingerprint density at radius 3 is 2.38 bits per heavy atom. The molecule has 0 saturated heterocycles. The van der Waals surface area contributed by atoms with E-state index in [1.165, 1.54) is 12.1 Å². The third-order valence-electron chi connectivity index (χ3n) is 5.95. The molecule has 4 rings (SSSR count). The van der Waals surface area contributed by atoms with Gasteiger partial charge in [-0.05, 0) is 55.4 Å². The lowest BCUT2D eigenvalue weighted by Crippen LogP contribution is -2.15. The quantitative estimate of drug-likeness (QED) is 0.488. The average Bonchev–Trinajstić information content (AvgIpc) is 3.32. The molecule has 0 heterocycles. The highest BCUT2D eigenvalue weighted by Gasteiger charge is 2.65. The fraction of sp³-hybridized carbons (Fsp3) is 0.588. The highest BCUT2D eigenvalue weighted by atomic mass is 35.5. The lowest BCUT2D eigenvalue weighted by Gasteiger charge is -2.05. The first-order chi connectivity index (χ1) is 11.4. The summed E-state index contributed by atoms with van der Waals surface area (Å²) in [6.07, 6.45) is 3.94. The smallest absolute Gasteiger partial charge is 0.271 e. The molecule has 1 amide bonds. The van der Waals surface area contributed by atoms with E-state index in [-0.39, 0.29) is 17.5 Å². The summed E-state index contributed by atoms with van der Waals surface area (Å²) in [5.74, 6) is 1.54. The Labute approximate surface area is 149 Å². The molecule has 0 aromatic heterocycles. The van der Waals surface area contributed by atoms with Gasteiger partial charge in [0, 0.05) is 23.7 Å². The van der Waals surface area contributed by atoms with Crippen LogP contribution in [0.5, 0.6) is 0 Å². The van der Waals surface area contributed by atoms with Crippen molar-refractivity contribution in [1.29, 1.82) is 0 Å². The maximum atomic E-state index is 12.5. The number of carbonyl (C=O) groups is 1. The largest absolute Gasteiger partial charge is 0.326 e. The van der Waals surface area contributed by atoms with E-state index in [1.807, 2.05) is 0 Å². The van der Waals surface area contributed by atoms with Gasteiger partial charge in [-0.1, -0.05) is 6.07 Å². The van der Waals surface area contributed by atoms with Crippen LogP contribution in [0.2, 0.25) is 0 Å². The molecule has 0 spiro atoms. The van der Waals surface area contributed by atoms with E-state index in [1.54, 1.807) is 12.1 Å². The monoisotopic (exact) mass is 368 g/mol. The van der Waals surface area contributed by atoms with Gasteiger partial charge in [-0.3, -0.25) is 14.9 Å². The first-order valence-electron chi connectivity index (χ1n) is 8.32. The normalized spacial score (nSPS) is 35.7. The van der Waals surface area contributed by atoms with Crippen molar-refractivity contribution in [3.8, 4) is 0 Å². The Bertz CT molecular complexity index is 687. The van der Waals surface area contributed by atoms with Crippen LogP contribution in [0, 0.1) is 39.7 Å². The molecule has 0 radical (unpaired) electrons. The summed E-state index contributed by atoms with van der Waals surface area (Å²) < 4.78 is -0.544. The van der Waals surface area contributed by atoms with Crippen molar-refractivity contribution < 1.29 is 9.72 Å². The molecule has 3 aliphatic rings. The zero-order valence-electron chi connectivity index (χ0n) is 13.0. The minimum Gasteiger partial charge on any atom is -0.326 e. The Kier molecular flexibility index (Phi) is 3.77. The van der Waals surface area contributed by atoms with E-state index in [4.69, 9.17) is 23.2 Å². The van der Waals surface area contributed by atoms with Crippen LogP contribution in [0.1, 0.15) is 25.7 Å². The Balaban J connectivity index is 1.39. The minimum absolute atomic E-state index is 0.0156. The Morgan fingerprint density at radius 1 is 1.17 bits per heavy atom. The summed E-state index contributed by atoms with van der Waals surface area (Å²) in [6.45, 7) is 0. The van der Waals surface area contributed by atoms with E-state index < -0.39 is 9.26 Å². The van der Waals surface area contributed by atoms with Crippen molar-refractivity contribution in [2.24, 2.45) is 29.6 Å². The molecular weight excluding hydrogens is 351 g/mol. The van der Waals surface area contributed by atoms with Crippen molar-refractivity contribution in [2.75, 3.05) is 5.32 Å². The number of hydrogen-bond donors (Lipinski definition) is 1. The molecule has 5 nitrogen and oxygen atoms in total. The van der Waals surface area contributed by atoms with Crippen LogP contribution in [-0.2, 0) is 4.79 Å². The number of halogens is 2. The van der Waals surface area contributed by atoms with Crippen LogP contribution >= 0.6 is 23.2 Å². The summed E-state index contributed by atoms with van der Waals surface area (Å²) in [6, 6.07) is 6.07. The van der Waals surface area contributed by atoms with Gasteiger partial charge in [-0.15, -0.1) is 23.2 Å². The zero-order valence-corrected chi connectivity index (χ0v) is 14.5. The molecule has 128 valence electrons. The molecule has 24 heavy (non-hydrogen) atoms. The fourth-order valence-corrected chi connectivity index (χ4v) is 5.45. The SMILES string of the molecule is O=C(Nc1cccc([N+](=O)[O-])c1)C1[C@H]2CC[C@@H]3[C@H](CC[C@@H]12)C3(Cl)Cl. The van der Waals surface area contributed by atoms with E-state index in [9.17, 15) is 14.9 Å². The van der Waals surface area contributed by atoms with Gasteiger partial charge in [0.05, 0.1) is 4.92 Å². The molecule has 3 aliphatic carbocycles. The number of rotatable bonds is 3. The number of carbonyl (C=O) groups excluding carboxylic acids is 1. The number of nitro benzene ring substituents is 1. The van der Waals surface area contributed by atoms with Crippen molar-refractivity contribution in [3.05, 3.63) is 34.4 Å². The third kappa shape index (κ3) is 2.68. The standard InChI is InChI=1S/C17H18Cl2N2O3/c18-17(19)13-6-4-11-12(5-7-14(13)17)15(11)16(22)20-9-2-1-3-10(8-9)21(23)24/h1-3,8,11-15H,4-7H2,(H,20,22)/t11-,12+,13+,14-,15?. The van der Waals surface area contributed by atoms with Gasteiger partial charge in [0.2, 0.25) is 5.91 Å². The second kappa shape index (κ2) is 5.60. The molecule has 1 N–H and O–H groups in total. The van der Waals surface area contributed by atoms with Crippen LogP contribution in [0.4, 0.5) is 11.4 Å². The summed E-state index contributed by atoms with van der Waals surface area (Å²) in [7, 11) is 0. The number of nitro groups is 1. The maximum Gasteiger partial charge on any atom is 0.271 e. The number of alkyl halides is 2. The topological polar surface area (TPSA) is 72.2 Å². The predicted octanol–water partition coefficient (Wildman–Crippen LogP) is 4.39. The molecule has 1 aromatic rings. The molecule has 0 bridgehead atoms. The van der Waals surface area contributed by atoms with Gasteiger partial charge in [0.25, 0.3) is 5.69 Å². The number of amides is 1. The van der Waals surface area contributed by atoms with Crippen molar-refractivity contribution in [3.63, 3.8) is 0 Å². The molecule has 7 heteroatoms. The number of non-ortho nitro benzene ring substituents is 1. The van der Waals surface area contributed by atoms with E-state index in [2.05, 4.69) is 5.32 Å². The molecule has 3 saturated carbocycles. The molecular formula is C17H18Cl2N2O3. The van der Waals surface area contributed by atoms with Crippen LogP contribution in [0.15, 0.2) is 24.3 Å². The Hall–Kier alpha value is -1.33. The first-order valence-corrected chi connectivity index (χ1v) is 9.08. The van der Waals surface area contributed by atoms with Crippen LogP contribution in [-0.4, -0.2) is 15.2 Å². The minimum atomic E-state index is -0.544. The molecule has 1 unspecified atom stereocenters. The number of hydrogen-bond acceptors (Lipinski definition) is 3. The summed E-state index contributed by atoms with van der Waals surface area (Å²) >= 11 is 12.6. The van der Waals surface area contributed by atoms with Gasteiger partial charge in [0.1, 0.15) is 4.33 Å². The number of benzene rings is 1. The van der Waals surface area contributed by atoms with E-state index >= 15 is 0 Å². The Morgan fingerprint density at radius 2 is 1.79 bits per heavy atom. The summed E-state index contributed by atoms with van der Waals surface area (Å²) in [4.78, 5) is 22.9. The zero-order chi connectivity index (χ0) is 17.1. The fourth-order valence-electron chi connectivity index (χ4n) is 4.54. The molecule has 1 aromatic carbocycles. The molecule has 0 aliphatic heterocycles. The highest BCUT2D eigenvalue weighted by molar-refractivity contribution is 6.51. The number of nitrogens with zero attached hydrogens (tertiary/aromatic N) is 1. The predicted molar refractivity (Wildman–Crippen MR) is 92.1 cm³/mol.